The number of halogens is 1. The quantitative estimate of drug-likeness (QED) is 0.702. The van der Waals surface area contributed by atoms with Gasteiger partial charge in [-0.05, 0) is 42.5 Å². The summed E-state index contributed by atoms with van der Waals surface area (Å²) < 4.78 is 26.6. The van der Waals surface area contributed by atoms with Crippen molar-refractivity contribution in [3.05, 3.63) is 53.6 Å². The van der Waals surface area contributed by atoms with E-state index < -0.39 is 15.9 Å². The summed E-state index contributed by atoms with van der Waals surface area (Å²) >= 11 is 5.94. The van der Waals surface area contributed by atoms with E-state index in [9.17, 15) is 18.0 Å². The molecule has 0 radical (unpaired) electrons. The monoisotopic (exact) mass is 449 g/mol. The second-order valence-electron chi connectivity index (χ2n) is 6.99. The van der Waals surface area contributed by atoms with Crippen LogP contribution in [0.1, 0.15) is 20.3 Å². The maximum atomic E-state index is 12.6. The molecular weight excluding hydrogens is 426 g/mol. The van der Waals surface area contributed by atoms with Crippen molar-refractivity contribution >= 4 is 44.8 Å². The van der Waals surface area contributed by atoms with Gasteiger partial charge in [0.1, 0.15) is 0 Å². The van der Waals surface area contributed by atoms with Crippen molar-refractivity contribution in [1.29, 1.82) is 0 Å². The summed E-state index contributed by atoms with van der Waals surface area (Å²) in [5.74, 6) is -0.940. The van der Waals surface area contributed by atoms with Crippen LogP contribution in [-0.2, 0) is 19.6 Å². The third kappa shape index (κ3) is 4.66. The van der Waals surface area contributed by atoms with Crippen LogP contribution in [0.5, 0.6) is 0 Å². The van der Waals surface area contributed by atoms with E-state index in [1.807, 2.05) is 0 Å². The van der Waals surface area contributed by atoms with Crippen molar-refractivity contribution in [3.8, 4) is 0 Å². The minimum absolute atomic E-state index is 0.0892. The van der Waals surface area contributed by atoms with Gasteiger partial charge in [0.25, 0.3) is 0 Å². The van der Waals surface area contributed by atoms with E-state index in [1.54, 1.807) is 50.2 Å². The van der Waals surface area contributed by atoms with Crippen molar-refractivity contribution < 1.29 is 18.0 Å². The number of amides is 2. The molecule has 0 bridgehead atoms. The van der Waals surface area contributed by atoms with Gasteiger partial charge < -0.3 is 10.2 Å². The zero-order chi connectivity index (χ0) is 21.9. The second-order valence-corrected chi connectivity index (χ2v) is 9.36. The van der Waals surface area contributed by atoms with Gasteiger partial charge in [0.15, 0.2) is 0 Å². The minimum atomic E-state index is -3.56. The third-order valence-corrected chi connectivity index (χ3v) is 7.38. The molecule has 0 aliphatic carbocycles. The molecule has 2 aromatic rings. The molecule has 1 atom stereocenters. The fourth-order valence-corrected chi connectivity index (χ4v) is 5.10. The molecule has 9 heteroatoms. The molecule has 1 N–H and O–H groups in total. The Morgan fingerprint density at radius 3 is 2.43 bits per heavy atom. The lowest BCUT2D eigenvalue weighted by Gasteiger charge is -2.20. The Hall–Kier alpha value is -2.42. The lowest BCUT2D eigenvalue weighted by molar-refractivity contribution is -0.122. The predicted molar refractivity (Wildman–Crippen MR) is 117 cm³/mol. The Balaban J connectivity index is 1.71. The first-order valence-electron chi connectivity index (χ1n) is 9.73. The van der Waals surface area contributed by atoms with Crippen LogP contribution in [0.3, 0.4) is 0 Å². The summed E-state index contributed by atoms with van der Waals surface area (Å²) in [5, 5.41) is 3.30. The van der Waals surface area contributed by atoms with Crippen molar-refractivity contribution in [1.82, 2.24) is 4.31 Å². The number of hydrogen-bond donors (Lipinski definition) is 1. The summed E-state index contributed by atoms with van der Waals surface area (Å²) in [6.07, 6.45) is 0.0892. The molecule has 1 aliphatic rings. The second kappa shape index (κ2) is 9.16. The van der Waals surface area contributed by atoms with E-state index in [2.05, 4.69) is 5.32 Å². The largest absolute Gasteiger partial charge is 0.326 e. The number of carbonyl (C=O) groups is 2. The maximum Gasteiger partial charge on any atom is 0.243 e. The van der Waals surface area contributed by atoms with Gasteiger partial charge in [-0.25, -0.2) is 8.42 Å². The SMILES string of the molecule is CCN(CC)S(=O)(=O)c1ccc(N2CC(C(=O)Nc3cccc(Cl)c3)CC2=O)cc1. The normalized spacial score (nSPS) is 16.9. The highest BCUT2D eigenvalue weighted by Gasteiger charge is 2.35. The van der Waals surface area contributed by atoms with Gasteiger partial charge in [0.05, 0.1) is 10.8 Å². The first-order chi connectivity index (χ1) is 14.3. The molecule has 160 valence electrons. The number of nitrogens with one attached hydrogen (secondary N) is 1. The molecule has 0 aromatic heterocycles. The van der Waals surface area contributed by atoms with Crippen molar-refractivity contribution in [2.75, 3.05) is 29.9 Å². The first kappa shape index (κ1) is 22.3. The van der Waals surface area contributed by atoms with E-state index >= 15 is 0 Å². The summed E-state index contributed by atoms with van der Waals surface area (Å²) in [4.78, 5) is 26.7. The molecule has 2 aromatic carbocycles. The van der Waals surface area contributed by atoms with Crippen LogP contribution in [0.25, 0.3) is 0 Å². The molecule has 1 aliphatic heterocycles. The minimum Gasteiger partial charge on any atom is -0.326 e. The van der Waals surface area contributed by atoms with Crippen LogP contribution in [-0.4, -0.2) is 44.2 Å². The van der Waals surface area contributed by atoms with Crippen molar-refractivity contribution in [2.24, 2.45) is 5.92 Å². The van der Waals surface area contributed by atoms with Gasteiger partial charge in [0, 0.05) is 42.5 Å². The third-order valence-electron chi connectivity index (χ3n) is 5.08. The maximum absolute atomic E-state index is 12.6. The highest BCUT2D eigenvalue weighted by molar-refractivity contribution is 7.89. The number of anilines is 2. The molecule has 7 nitrogen and oxygen atoms in total. The molecule has 1 saturated heterocycles. The first-order valence-corrected chi connectivity index (χ1v) is 11.5. The zero-order valence-electron chi connectivity index (χ0n) is 16.8. The van der Waals surface area contributed by atoms with Crippen LogP contribution in [0.15, 0.2) is 53.4 Å². The van der Waals surface area contributed by atoms with Crippen LogP contribution in [0, 0.1) is 5.92 Å². The van der Waals surface area contributed by atoms with Crippen LogP contribution < -0.4 is 10.2 Å². The summed E-state index contributed by atoms with van der Waals surface area (Å²) in [5.41, 5.74) is 1.14. The number of sulfonamides is 1. The Morgan fingerprint density at radius 2 is 1.83 bits per heavy atom. The average Bonchev–Trinajstić information content (AvgIpc) is 3.11. The number of carbonyl (C=O) groups excluding carboxylic acids is 2. The summed E-state index contributed by atoms with van der Waals surface area (Å²) in [6.45, 7) is 4.57. The summed E-state index contributed by atoms with van der Waals surface area (Å²) in [6, 6.07) is 13.0. The summed E-state index contributed by atoms with van der Waals surface area (Å²) in [7, 11) is -3.56. The standard InChI is InChI=1S/C21H24ClN3O4S/c1-3-24(4-2)30(28,29)19-10-8-18(9-11-19)25-14-15(12-20(25)26)21(27)23-17-7-5-6-16(22)13-17/h5-11,13,15H,3-4,12,14H2,1-2H3,(H,23,27). The molecule has 1 heterocycles. The number of nitrogens with zero attached hydrogens (tertiary/aromatic N) is 2. The molecule has 2 amide bonds. The van der Waals surface area contributed by atoms with E-state index in [-0.39, 0.29) is 29.7 Å². The smallest absolute Gasteiger partial charge is 0.243 e. The molecular formula is C21H24ClN3O4S. The Kier molecular flexibility index (Phi) is 6.80. The Morgan fingerprint density at radius 1 is 1.17 bits per heavy atom. The topological polar surface area (TPSA) is 86.8 Å². The highest BCUT2D eigenvalue weighted by atomic mass is 35.5. The molecule has 0 spiro atoms. The predicted octanol–water partition coefficient (Wildman–Crippen LogP) is 3.36. The van der Waals surface area contributed by atoms with Gasteiger partial charge in [-0.3, -0.25) is 9.59 Å². The van der Waals surface area contributed by atoms with E-state index in [0.717, 1.165) is 0 Å². The van der Waals surface area contributed by atoms with Gasteiger partial charge >= 0.3 is 0 Å². The van der Waals surface area contributed by atoms with Crippen LogP contribution in [0.4, 0.5) is 11.4 Å². The van der Waals surface area contributed by atoms with Crippen LogP contribution in [0.2, 0.25) is 5.02 Å². The molecule has 3 rings (SSSR count). The molecule has 30 heavy (non-hydrogen) atoms. The fourth-order valence-electron chi connectivity index (χ4n) is 3.45. The van der Waals surface area contributed by atoms with Crippen LogP contribution >= 0.6 is 11.6 Å². The van der Waals surface area contributed by atoms with E-state index in [4.69, 9.17) is 11.6 Å². The fraction of sp³-hybridized carbons (Fsp3) is 0.333. The Labute approximate surface area is 181 Å². The number of rotatable bonds is 7. The van der Waals surface area contributed by atoms with Gasteiger partial charge in [0.2, 0.25) is 21.8 Å². The number of benzene rings is 2. The molecule has 0 saturated carbocycles. The lowest BCUT2D eigenvalue weighted by Crippen LogP contribution is -2.31. The van der Waals surface area contributed by atoms with Crippen molar-refractivity contribution in [3.63, 3.8) is 0 Å². The van der Waals surface area contributed by atoms with E-state index in [1.165, 1.54) is 21.3 Å². The Bertz CT molecular complexity index is 1040. The lowest BCUT2D eigenvalue weighted by atomic mass is 10.1. The van der Waals surface area contributed by atoms with Gasteiger partial charge in [-0.2, -0.15) is 4.31 Å². The van der Waals surface area contributed by atoms with Gasteiger partial charge in [-0.1, -0.05) is 31.5 Å². The number of hydrogen-bond acceptors (Lipinski definition) is 4. The molecule has 1 unspecified atom stereocenters. The highest BCUT2D eigenvalue weighted by Crippen LogP contribution is 2.28. The zero-order valence-corrected chi connectivity index (χ0v) is 18.4. The van der Waals surface area contributed by atoms with Gasteiger partial charge in [-0.15, -0.1) is 0 Å². The van der Waals surface area contributed by atoms with E-state index in [0.29, 0.717) is 29.5 Å². The molecule has 1 fully saturated rings. The average molecular weight is 450 g/mol. The van der Waals surface area contributed by atoms with Crippen molar-refractivity contribution in [2.45, 2.75) is 25.2 Å².